The molecule has 1 amide bonds. The number of amides is 1. The van der Waals surface area contributed by atoms with Gasteiger partial charge in [0.15, 0.2) is 0 Å². The minimum atomic E-state index is -0.816. The molecule has 202 valence electrons. The first-order chi connectivity index (χ1) is 18.9. The third kappa shape index (κ3) is 4.99. The molecule has 1 atom stereocenters. The number of rotatable bonds is 6. The van der Waals surface area contributed by atoms with Gasteiger partial charge in [0, 0.05) is 26.1 Å². The fraction of sp³-hybridized carbons (Fsp3) is 0.367. The lowest BCUT2D eigenvalue weighted by Crippen LogP contribution is -2.50. The Morgan fingerprint density at radius 2 is 1.74 bits per heavy atom. The van der Waals surface area contributed by atoms with Gasteiger partial charge >= 0.3 is 0 Å². The number of piperidine rings is 1. The number of nitrogens with zero attached hydrogens (tertiary/aromatic N) is 4. The van der Waals surface area contributed by atoms with Crippen molar-refractivity contribution >= 4 is 27.5 Å². The summed E-state index contributed by atoms with van der Waals surface area (Å²) in [7, 11) is 0. The van der Waals surface area contributed by atoms with Crippen LogP contribution in [0.5, 0.6) is 0 Å². The number of hydrogen-bond acceptors (Lipinski definition) is 4. The highest BCUT2D eigenvalue weighted by atomic mass is 79.9. The maximum atomic E-state index is 13.9. The van der Waals surface area contributed by atoms with Gasteiger partial charge in [0.1, 0.15) is 16.8 Å². The first-order valence-electron chi connectivity index (χ1n) is 13.3. The molecule has 0 aliphatic carbocycles. The Bertz CT molecular complexity index is 1490. The van der Waals surface area contributed by atoms with Crippen molar-refractivity contribution in [3.8, 4) is 11.8 Å². The van der Waals surface area contributed by atoms with Crippen LogP contribution in [0.1, 0.15) is 56.0 Å². The van der Waals surface area contributed by atoms with Gasteiger partial charge in [-0.3, -0.25) is 24.3 Å². The molecule has 3 aromatic rings. The van der Waals surface area contributed by atoms with E-state index < -0.39 is 5.41 Å². The molecular formula is C30H31BrFN5O2. The van der Waals surface area contributed by atoms with Gasteiger partial charge in [0.25, 0.3) is 11.5 Å². The predicted molar refractivity (Wildman–Crippen MR) is 153 cm³/mol. The van der Waals surface area contributed by atoms with E-state index in [1.165, 1.54) is 17.1 Å². The Morgan fingerprint density at radius 3 is 2.38 bits per heavy atom. The topological polar surface area (TPSA) is 73.7 Å². The molecule has 5 rings (SSSR count). The standard InChI is InChI=1S/C30H31BrFN5O2/c1-3-5-9-18-37-29(39)30(27(33-37)22-12-14-23(32)15-13-22)16-19-35(20-17-30)25(21-10-7-6-8-11-21)26-24(31)28(38)34-36(26)4-2/h6-8,10-15,25H,3-4,16-20H2,1-2H3,(H,34,38). The van der Waals surface area contributed by atoms with Crippen LogP contribution in [-0.4, -0.2) is 50.9 Å². The van der Waals surface area contributed by atoms with Gasteiger partial charge in [-0.05, 0) is 59.0 Å². The predicted octanol–water partition coefficient (Wildman–Crippen LogP) is 4.93. The van der Waals surface area contributed by atoms with Crippen molar-refractivity contribution in [1.29, 1.82) is 0 Å². The van der Waals surface area contributed by atoms with E-state index in [1.54, 1.807) is 12.1 Å². The number of aromatic nitrogens is 2. The summed E-state index contributed by atoms with van der Waals surface area (Å²) in [6, 6.07) is 16.1. The molecule has 2 aliphatic heterocycles. The number of H-pyrrole nitrogens is 1. The highest BCUT2D eigenvalue weighted by Crippen LogP contribution is 2.44. The van der Waals surface area contributed by atoms with Gasteiger partial charge in [0.05, 0.1) is 22.9 Å². The molecule has 0 bridgehead atoms. The van der Waals surface area contributed by atoms with Crippen LogP contribution < -0.4 is 5.56 Å². The van der Waals surface area contributed by atoms with Crippen LogP contribution in [-0.2, 0) is 11.3 Å². The number of halogens is 2. The summed E-state index contributed by atoms with van der Waals surface area (Å²) in [4.78, 5) is 28.8. The second kappa shape index (κ2) is 11.3. The molecule has 1 saturated heterocycles. The van der Waals surface area contributed by atoms with Crippen LogP contribution >= 0.6 is 15.9 Å². The molecule has 1 fully saturated rings. The summed E-state index contributed by atoms with van der Waals surface area (Å²) in [6.07, 6.45) is 1.79. The van der Waals surface area contributed by atoms with Crippen LogP contribution in [0.15, 0.2) is 69.0 Å². The second-order valence-corrected chi connectivity index (χ2v) is 10.6. The molecule has 3 heterocycles. The van der Waals surface area contributed by atoms with E-state index in [1.807, 2.05) is 36.7 Å². The van der Waals surface area contributed by atoms with Gasteiger partial charge in [0.2, 0.25) is 0 Å². The number of aromatic amines is 1. The molecular weight excluding hydrogens is 561 g/mol. The highest BCUT2D eigenvalue weighted by molar-refractivity contribution is 9.10. The highest BCUT2D eigenvalue weighted by Gasteiger charge is 2.53. The average Bonchev–Trinajstić information content (AvgIpc) is 3.39. The van der Waals surface area contributed by atoms with Gasteiger partial charge in [-0.1, -0.05) is 55.3 Å². The zero-order chi connectivity index (χ0) is 27.6. The van der Waals surface area contributed by atoms with Crippen LogP contribution in [0.25, 0.3) is 0 Å². The molecule has 1 unspecified atom stereocenters. The Labute approximate surface area is 235 Å². The van der Waals surface area contributed by atoms with Gasteiger partial charge in [-0.15, -0.1) is 5.92 Å². The third-order valence-corrected chi connectivity index (χ3v) is 8.39. The zero-order valence-electron chi connectivity index (χ0n) is 22.1. The van der Waals surface area contributed by atoms with E-state index in [9.17, 15) is 14.0 Å². The quantitative estimate of drug-likeness (QED) is 0.413. The molecule has 2 aromatic carbocycles. The maximum absolute atomic E-state index is 13.9. The summed E-state index contributed by atoms with van der Waals surface area (Å²) < 4.78 is 16.2. The van der Waals surface area contributed by atoms with E-state index in [2.05, 4.69) is 49.9 Å². The van der Waals surface area contributed by atoms with Crippen molar-refractivity contribution < 1.29 is 9.18 Å². The fourth-order valence-electron chi connectivity index (χ4n) is 5.69. The van der Waals surface area contributed by atoms with Crippen molar-refractivity contribution in [1.82, 2.24) is 19.7 Å². The zero-order valence-corrected chi connectivity index (χ0v) is 23.7. The lowest BCUT2D eigenvalue weighted by molar-refractivity contribution is -0.137. The van der Waals surface area contributed by atoms with E-state index >= 15 is 0 Å². The summed E-state index contributed by atoms with van der Waals surface area (Å²) in [5, 5.41) is 9.16. The Balaban J connectivity index is 1.51. The lowest BCUT2D eigenvalue weighted by atomic mass is 9.71. The molecule has 2 aliphatic rings. The number of aryl methyl sites for hydroxylation is 1. The maximum Gasteiger partial charge on any atom is 0.278 e. The van der Waals surface area contributed by atoms with Gasteiger partial charge in [-0.25, -0.2) is 9.40 Å². The molecule has 1 aromatic heterocycles. The number of likely N-dealkylation sites (tertiary alicyclic amines) is 1. The van der Waals surface area contributed by atoms with E-state index in [4.69, 9.17) is 5.10 Å². The Hall–Kier alpha value is -3.48. The number of hydrogen-bond donors (Lipinski definition) is 1. The van der Waals surface area contributed by atoms with Crippen molar-refractivity contribution in [2.24, 2.45) is 10.5 Å². The summed E-state index contributed by atoms with van der Waals surface area (Å²) >= 11 is 3.54. The number of carbonyl (C=O) groups excluding carboxylic acids is 1. The summed E-state index contributed by atoms with van der Waals surface area (Å²) in [5.41, 5.74) is 2.38. The summed E-state index contributed by atoms with van der Waals surface area (Å²) in [5.74, 6) is 5.67. The molecule has 39 heavy (non-hydrogen) atoms. The van der Waals surface area contributed by atoms with E-state index in [0.717, 1.165) is 16.8 Å². The molecule has 0 radical (unpaired) electrons. The number of nitrogens with one attached hydrogen (secondary N) is 1. The molecule has 1 N–H and O–H groups in total. The summed E-state index contributed by atoms with van der Waals surface area (Å²) in [6.45, 7) is 6.02. The molecule has 1 spiro atoms. The van der Waals surface area contributed by atoms with Crippen LogP contribution in [0, 0.1) is 23.1 Å². The van der Waals surface area contributed by atoms with E-state index in [-0.39, 0.29) is 29.9 Å². The number of hydrazone groups is 1. The number of carbonyl (C=O) groups is 1. The Morgan fingerprint density at radius 1 is 1.05 bits per heavy atom. The third-order valence-electron chi connectivity index (χ3n) is 7.62. The molecule has 9 heteroatoms. The first kappa shape index (κ1) is 27.1. The fourth-order valence-corrected chi connectivity index (χ4v) is 6.21. The SMILES string of the molecule is CCC#CCN1N=C(c2ccc(F)cc2)C2(CCN(C(c3ccccc3)c3c(Br)c(=O)[nH]n3CC)CC2)C1=O. The first-order valence-corrected chi connectivity index (χ1v) is 14.1. The lowest BCUT2D eigenvalue weighted by Gasteiger charge is -2.42. The largest absolute Gasteiger partial charge is 0.291 e. The molecule has 0 saturated carbocycles. The smallest absolute Gasteiger partial charge is 0.278 e. The van der Waals surface area contributed by atoms with Gasteiger partial charge < -0.3 is 0 Å². The minimum absolute atomic E-state index is 0.0589. The van der Waals surface area contributed by atoms with Crippen LogP contribution in [0.4, 0.5) is 4.39 Å². The van der Waals surface area contributed by atoms with Crippen LogP contribution in [0.3, 0.4) is 0 Å². The normalized spacial score (nSPS) is 17.7. The van der Waals surface area contributed by atoms with Crippen molar-refractivity contribution in [2.45, 2.75) is 45.7 Å². The van der Waals surface area contributed by atoms with E-state index in [0.29, 0.717) is 49.1 Å². The average molecular weight is 593 g/mol. The Kier molecular flexibility index (Phi) is 7.87. The van der Waals surface area contributed by atoms with Gasteiger partial charge in [-0.2, -0.15) is 5.10 Å². The van der Waals surface area contributed by atoms with Crippen molar-refractivity contribution in [3.05, 3.63) is 92.1 Å². The monoisotopic (exact) mass is 591 g/mol. The molecule has 7 nitrogen and oxygen atoms in total. The van der Waals surface area contributed by atoms with Crippen molar-refractivity contribution in [3.63, 3.8) is 0 Å². The number of benzene rings is 2. The minimum Gasteiger partial charge on any atom is -0.291 e. The van der Waals surface area contributed by atoms with Crippen LogP contribution in [0.2, 0.25) is 0 Å². The van der Waals surface area contributed by atoms with Crippen molar-refractivity contribution in [2.75, 3.05) is 19.6 Å². The second-order valence-electron chi connectivity index (χ2n) is 9.84.